The third-order valence-corrected chi connectivity index (χ3v) is 5.11. The van der Waals surface area contributed by atoms with Crippen LogP contribution in [-0.4, -0.2) is 29.9 Å². The number of benzene rings is 1. The second-order valence-electron chi connectivity index (χ2n) is 7.05. The second kappa shape index (κ2) is 6.32. The number of amides is 2. The lowest BCUT2D eigenvalue weighted by Gasteiger charge is -2.37. The Hall–Kier alpha value is -1.88. The lowest BCUT2D eigenvalue weighted by Crippen LogP contribution is -2.54. The number of nitrogens with zero attached hydrogens (tertiary/aromatic N) is 1. The van der Waals surface area contributed by atoms with Crippen LogP contribution in [0.4, 0.5) is 5.69 Å². The fraction of sp³-hybridized carbons (Fsp3) is 0.556. The zero-order valence-electron chi connectivity index (χ0n) is 13.6. The maximum atomic E-state index is 12.6. The van der Waals surface area contributed by atoms with Crippen LogP contribution in [0, 0.1) is 5.92 Å². The first-order valence-electron chi connectivity index (χ1n) is 8.42. The molecule has 1 aromatic rings. The summed E-state index contributed by atoms with van der Waals surface area (Å²) in [5, 5.41) is 3.05. The van der Waals surface area contributed by atoms with Crippen LogP contribution in [0.5, 0.6) is 0 Å². The topological polar surface area (TPSA) is 75.4 Å². The van der Waals surface area contributed by atoms with E-state index in [1.807, 2.05) is 37.3 Å². The van der Waals surface area contributed by atoms with Gasteiger partial charge in [0.05, 0.1) is 12.0 Å². The van der Waals surface area contributed by atoms with Crippen molar-refractivity contribution in [1.82, 2.24) is 5.32 Å². The van der Waals surface area contributed by atoms with E-state index in [9.17, 15) is 9.59 Å². The van der Waals surface area contributed by atoms with E-state index in [4.69, 9.17) is 5.73 Å². The Morgan fingerprint density at radius 1 is 1.30 bits per heavy atom. The average Bonchev–Trinajstić information content (AvgIpc) is 2.88. The van der Waals surface area contributed by atoms with E-state index in [1.165, 1.54) is 0 Å². The molecule has 3 N–H and O–H groups in total. The molecule has 1 aromatic carbocycles. The molecule has 0 spiro atoms. The van der Waals surface area contributed by atoms with Crippen molar-refractivity contribution in [3.8, 4) is 0 Å². The molecule has 124 valence electrons. The molecular weight excluding hydrogens is 290 g/mol. The fourth-order valence-corrected chi connectivity index (χ4v) is 3.75. The van der Waals surface area contributed by atoms with Gasteiger partial charge in [-0.3, -0.25) is 9.59 Å². The van der Waals surface area contributed by atoms with E-state index in [0.29, 0.717) is 13.0 Å². The molecule has 5 heteroatoms. The van der Waals surface area contributed by atoms with Gasteiger partial charge in [0.1, 0.15) is 0 Å². The van der Waals surface area contributed by atoms with Crippen LogP contribution < -0.4 is 16.0 Å². The molecular formula is C18H25N3O2. The van der Waals surface area contributed by atoms with Gasteiger partial charge in [0.2, 0.25) is 11.8 Å². The monoisotopic (exact) mass is 315 g/mol. The van der Waals surface area contributed by atoms with Crippen molar-refractivity contribution < 1.29 is 9.59 Å². The minimum absolute atomic E-state index is 0.00223. The van der Waals surface area contributed by atoms with Crippen molar-refractivity contribution in [2.24, 2.45) is 11.7 Å². The Morgan fingerprint density at radius 3 is 2.74 bits per heavy atom. The van der Waals surface area contributed by atoms with E-state index < -0.39 is 5.54 Å². The molecule has 1 aliphatic heterocycles. The number of carbonyl (C=O) groups is 2. The quantitative estimate of drug-likeness (QED) is 0.893. The van der Waals surface area contributed by atoms with Crippen molar-refractivity contribution in [2.45, 2.75) is 50.6 Å². The standard InChI is InChI=1S/C18H25N3O2/c1-18(19)10-6-5-9-15(18)17(23)20-13-11-16(22)21(12-13)14-7-3-2-4-8-14/h2-4,7-8,13,15H,5-6,9-12,19H2,1H3,(H,20,23). The molecule has 23 heavy (non-hydrogen) atoms. The Kier molecular flexibility index (Phi) is 4.39. The number of carbonyl (C=O) groups excluding carboxylic acids is 2. The first-order chi connectivity index (χ1) is 11.0. The number of para-hydroxylation sites is 1. The highest BCUT2D eigenvalue weighted by atomic mass is 16.2. The molecule has 1 saturated heterocycles. The molecule has 3 unspecified atom stereocenters. The molecule has 2 aliphatic rings. The van der Waals surface area contributed by atoms with Gasteiger partial charge in [-0.15, -0.1) is 0 Å². The molecule has 3 rings (SSSR count). The van der Waals surface area contributed by atoms with Crippen molar-refractivity contribution >= 4 is 17.5 Å². The van der Waals surface area contributed by atoms with E-state index >= 15 is 0 Å². The van der Waals surface area contributed by atoms with E-state index in [2.05, 4.69) is 5.32 Å². The first kappa shape index (κ1) is 16.0. The average molecular weight is 315 g/mol. The molecule has 1 aliphatic carbocycles. The van der Waals surface area contributed by atoms with Crippen LogP contribution in [0.3, 0.4) is 0 Å². The third-order valence-electron chi connectivity index (χ3n) is 5.11. The number of nitrogens with one attached hydrogen (secondary N) is 1. The maximum absolute atomic E-state index is 12.6. The van der Waals surface area contributed by atoms with Crippen molar-refractivity contribution in [1.29, 1.82) is 0 Å². The maximum Gasteiger partial charge on any atom is 0.229 e. The molecule has 0 bridgehead atoms. The zero-order chi connectivity index (χ0) is 16.4. The number of hydrogen-bond donors (Lipinski definition) is 2. The fourth-order valence-electron chi connectivity index (χ4n) is 3.75. The Bertz CT molecular complexity index is 585. The molecule has 5 nitrogen and oxygen atoms in total. The zero-order valence-corrected chi connectivity index (χ0v) is 13.6. The minimum atomic E-state index is -0.440. The van der Waals surface area contributed by atoms with Crippen LogP contribution in [0.2, 0.25) is 0 Å². The molecule has 1 heterocycles. The molecule has 2 amide bonds. The van der Waals surface area contributed by atoms with Gasteiger partial charge in [-0.2, -0.15) is 0 Å². The van der Waals surface area contributed by atoms with E-state index in [-0.39, 0.29) is 23.8 Å². The number of hydrogen-bond acceptors (Lipinski definition) is 3. The number of anilines is 1. The smallest absolute Gasteiger partial charge is 0.229 e. The largest absolute Gasteiger partial charge is 0.351 e. The highest BCUT2D eigenvalue weighted by Gasteiger charge is 2.40. The summed E-state index contributed by atoms with van der Waals surface area (Å²) >= 11 is 0. The van der Waals surface area contributed by atoms with Gasteiger partial charge in [-0.25, -0.2) is 0 Å². The number of nitrogens with two attached hydrogens (primary N) is 1. The Balaban J connectivity index is 1.63. The predicted molar refractivity (Wildman–Crippen MR) is 89.9 cm³/mol. The normalized spacial score (nSPS) is 31.2. The molecule has 0 radical (unpaired) electrons. The lowest BCUT2D eigenvalue weighted by molar-refractivity contribution is -0.128. The van der Waals surface area contributed by atoms with Crippen LogP contribution >= 0.6 is 0 Å². The van der Waals surface area contributed by atoms with Crippen LogP contribution in [-0.2, 0) is 9.59 Å². The summed E-state index contributed by atoms with van der Waals surface area (Å²) in [5.41, 5.74) is 6.75. The summed E-state index contributed by atoms with van der Waals surface area (Å²) in [4.78, 5) is 26.6. The van der Waals surface area contributed by atoms with Gasteiger partial charge in [-0.05, 0) is 31.9 Å². The Labute approximate surface area is 137 Å². The second-order valence-corrected chi connectivity index (χ2v) is 7.05. The summed E-state index contributed by atoms with van der Waals surface area (Å²) in [6, 6.07) is 9.45. The van der Waals surface area contributed by atoms with Gasteiger partial charge < -0.3 is 16.0 Å². The highest BCUT2D eigenvalue weighted by Crippen LogP contribution is 2.32. The summed E-state index contributed by atoms with van der Waals surface area (Å²) in [5.74, 6) is -0.0970. The minimum Gasteiger partial charge on any atom is -0.351 e. The summed E-state index contributed by atoms with van der Waals surface area (Å²) in [6.45, 7) is 2.50. The Morgan fingerprint density at radius 2 is 2.04 bits per heavy atom. The van der Waals surface area contributed by atoms with Gasteiger partial charge in [-0.1, -0.05) is 31.0 Å². The van der Waals surface area contributed by atoms with E-state index in [0.717, 1.165) is 31.4 Å². The van der Waals surface area contributed by atoms with Crippen LogP contribution in [0.25, 0.3) is 0 Å². The van der Waals surface area contributed by atoms with Gasteiger partial charge in [0, 0.05) is 24.2 Å². The molecule has 1 saturated carbocycles. The summed E-state index contributed by atoms with van der Waals surface area (Å²) in [7, 11) is 0. The van der Waals surface area contributed by atoms with Gasteiger partial charge in [0.25, 0.3) is 0 Å². The van der Waals surface area contributed by atoms with Gasteiger partial charge >= 0.3 is 0 Å². The first-order valence-corrected chi connectivity index (χ1v) is 8.42. The predicted octanol–water partition coefficient (Wildman–Crippen LogP) is 1.82. The highest BCUT2D eigenvalue weighted by molar-refractivity contribution is 5.97. The van der Waals surface area contributed by atoms with Crippen LogP contribution in [0.15, 0.2) is 30.3 Å². The number of rotatable bonds is 3. The SMILES string of the molecule is CC1(N)CCCCC1C(=O)NC1CC(=O)N(c2ccccc2)C1. The van der Waals surface area contributed by atoms with E-state index in [1.54, 1.807) is 4.90 Å². The van der Waals surface area contributed by atoms with Crippen molar-refractivity contribution in [3.63, 3.8) is 0 Å². The summed E-state index contributed by atoms with van der Waals surface area (Å²) < 4.78 is 0. The van der Waals surface area contributed by atoms with Crippen LogP contribution in [0.1, 0.15) is 39.0 Å². The molecule has 2 fully saturated rings. The van der Waals surface area contributed by atoms with Gasteiger partial charge in [0.15, 0.2) is 0 Å². The van der Waals surface area contributed by atoms with Crippen molar-refractivity contribution in [3.05, 3.63) is 30.3 Å². The summed E-state index contributed by atoms with van der Waals surface area (Å²) in [6.07, 6.45) is 4.20. The third kappa shape index (κ3) is 3.39. The molecule has 3 atom stereocenters. The lowest BCUT2D eigenvalue weighted by atomic mass is 9.74. The van der Waals surface area contributed by atoms with Crippen molar-refractivity contribution in [2.75, 3.05) is 11.4 Å². The molecule has 0 aromatic heterocycles.